The van der Waals surface area contributed by atoms with Gasteiger partial charge in [-0.05, 0) is 195 Å². The standard InChI is InChI=1S/C39H51NO9S.C31H43NO8S.C11H16OSi/c1-22-17-38(40-26(20-50-38)16-30(42)23-6-4-3-5-7-23)39(45)34(47-22)48-31-15-25-8-9-29-28(36(25,21-41)18-32(31)49-39)10-12-35(2)27(11-13-37(29,35)44)24-14-33(43)46-19-24;1-17-13-30(32-9-10-41-30)31(36)26(38-17)39-23-12-19-3-4-22-21(28(19,16-33)14-24(23)40-31)5-7-27(2)20(6-8-29(22,27)35)18-11-25(34)37-15-18;1-10(12-13(2,3)4)11-8-6-5-7-9-11/h3-7,14,22,25-29,31-32,34,40-41,44-45H,8-13,15-21H2,1-2H3;9,11,17,19-24,26,33,35-36H,3-8,10,12-16H2,1-2H3;5-9H,1H2,2-4H3/t22-,25+,26?,27-,28?,29-,31-,32-,34+,35-,36-,37+,38?,39?;17-,19+,20-,21?,22-,23-,24-,26+,27-,28-,29+,30?,31?;/m11./s1. The zero-order valence-corrected chi connectivity index (χ0v) is 64.2. The minimum absolute atomic E-state index is 0.00760. The third-order valence-corrected chi connectivity index (χ3v) is 33.4. The number of ether oxygens (including phenoxy) is 8. The first-order valence-electron chi connectivity index (χ1n) is 38.9. The summed E-state index contributed by atoms with van der Waals surface area (Å²) < 4.78 is 55.6. The molecule has 2 aromatic rings. The Morgan fingerprint density at radius 3 is 1.60 bits per heavy atom. The number of hydrogen-bond donors (Lipinski definition) is 7. The van der Waals surface area contributed by atoms with Gasteiger partial charge >= 0.3 is 11.9 Å². The molecule has 2 aromatic carbocycles. The molecule has 8 heterocycles. The molecule has 8 saturated carbocycles. The third kappa shape index (κ3) is 11.7. The zero-order valence-electron chi connectivity index (χ0n) is 61.6. The number of fused-ring (bicyclic) bond motifs is 16. The summed E-state index contributed by atoms with van der Waals surface area (Å²) in [6.45, 7) is 19.5. The number of carbonyl (C=O) groups is 3. The normalized spacial score (nSPS) is 48.4. The molecule has 16 aliphatic rings. The number of benzene rings is 2. The lowest BCUT2D eigenvalue weighted by atomic mass is 9.42. The summed E-state index contributed by atoms with van der Waals surface area (Å²) in [4.78, 5) is 40.0. The Labute approximate surface area is 621 Å². The molecule has 568 valence electrons. The van der Waals surface area contributed by atoms with E-state index >= 15 is 0 Å². The second kappa shape index (κ2) is 27.0. The maximum absolute atomic E-state index is 13.2. The molecule has 0 radical (unpaired) electrons. The first-order valence-corrected chi connectivity index (χ1v) is 44.3. The van der Waals surface area contributed by atoms with Crippen molar-refractivity contribution in [3.05, 3.63) is 102 Å². The molecule has 7 N–H and O–H groups in total. The topological polar surface area (TPSA) is 280 Å². The molecular formula is C81H110N2O18S2Si. The van der Waals surface area contributed by atoms with Gasteiger partial charge in [0.25, 0.3) is 5.79 Å². The number of nitrogens with one attached hydrogen (secondary N) is 1. The number of esters is 2. The SMILES string of the molecule is C=C(O[Si](C)(C)C)c1ccccc1.C[C@@H]1CC2(N=CCS2)C2(O)O[C@@H]3C[C@]4(CO)C5CC[C@]6(C)[C@@H](C7=CC(=O)OC7)CC[C@]6(O)[C@@H]5CC[C@H]4C[C@H]3O[C@@H]2O1.C[C@@H]1CC2(NC(CC(=O)c3ccccc3)CS2)C2(O)O[C@@H]3C[C@]4(CO)C5CC[C@]6(C)[C@@H](C7=CC(=O)OC7)CC[C@]6(O)[C@@H]5CC[C@H]4C[C@H]3O[C@@H]2O1. The summed E-state index contributed by atoms with van der Waals surface area (Å²) in [7, 11) is -1.50. The number of ketones is 1. The van der Waals surface area contributed by atoms with Crippen LogP contribution in [0.15, 0.2) is 95.5 Å². The number of rotatable bonds is 10. The number of nitrogens with zero attached hydrogens (tertiary/aromatic N) is 1. The van der Waals surface area contributed by atoms with Crippen LogP contribution in [0.5, 0.6) is 0 Å². The molecule has 18 rings (SSSR count). The third-order valence-electron chi connectivity index (χ3n) is 29.5. The van der Waals surface area contributed by atoms with Crippen molar-refractivity contribution in [2.75, 3.05) is 37.9 Å². The lowest BCUT2D eigenvalue weighted by Crippen LogP contribution is -2.76. The van der Waals surface area contributed by atoms with Gasteiger partial charge in [0, 0.05) is 101 Å². The molecule has 23 heteroatoms. The van der Waals surface area contributed by atoms with E-state index in [1.807, 2.05) is 80.7 Å². The van der Waals surface area contributed by atoms with Crippen molar-refractivity contribution in [2.24, 2.45) is 74.0 Å². The van der Waals surface area contributed by atoms with Gasteiger partial charge in [0.05, 0.1) is 47.8 Å². The highest BCUT2D eigenvalue weighted by molar-refractivity contribution is 8.01. The first-order chi connectivity index (χ1) is 49.5. The van der Waals surface area contributed by atoms with E-state index in [0.29, 0.717) is 81.6 Å². The Morgan fingerprint density at radius 2 is 1.12 bits per heavy atom. The fourth-order valence-electron chi connectivity index (χ4n) is 24.8. The van der Waals surface area contributed by atoms with Crippen LogP contribution in [0.1, 0.15) is 166 Å². The van der Waals surface area contributed by atoms with Gasteiger partial charge in [-0.3, -0.25) is 15.1 Å². The van der Waals surface area contributed by atoms with E-state index < -0.39 is 76.5 Å². The predicted molar refractivity (Wildman–Crippen MR) is 393 cm³/mol. The molecule has 8 aliphatic heterocycles. The monoisotopic (exact) mass is 1490 g/mol. The van der Waals surface area contributed by atoms with Gasteiger partial charge < -0.3 is 73.0 Å². The molecule has 104 heavy (non-hydrogen) atoms. The Bertz CT molecular complexity index is 3740. The van der Waals surface area contributed by atoms with Gasteiger partial charge in [-0.1, -0.05) is 81.1 Å². The Kier molecular flexibility index (Phi) is 19.3. The summed E-state index contributed by atoms with van der Waals surface area (Å²) in [5, 5.41) is 76.3. The number of cyclic esters (lactones) is 2. The summed E-state index contributed by atoms with van der Waals surface area (Å²) in [6.07, 6.45) is 15.6. The van der Waals surface area contributed by atoms with Gasteiger partial charge in [-0.2, -0.15) is 0 Å². The lowest BCUT2D eigenvalue weighted by molar-refractivity contribution is -0.450. The molecule has 0 bridgehead atoms. The number of aliphatic imine (C=N–C) groups is 1. The summed E-state index contributed by atoms with van der Waals surface area (Å²) >= 11 is 3.17. The van der Waals surface area contributed by atoms with Gasteiger partial charge in [0.2, 0.25) is 26.7 Å². The second-order valence-corrected chi connectivity index (χ2v) is 42.7. The molecule has 8 aliphatic carbocycles. The number of Topliss-reactive ketones (excluding diaryl/α,β-unsaturated/α-hetero) is 1. The average Bonchev–Trinajstić information content (AvgIpc) is 1.24. The van der Waals surface area contributed by atoms with E-state index in [4.69, 9.17) is 47.3 Å². The van der Waals surface area contributed by atoms with Gasteiger partial charge in [0.1, 0.15) is 23.8 Å². The average molecular weight is 1490 g/mol. The predicted octanol–water partition coefficient (Wildman–Crippen LogP) is 10.6. The molecule has 2 spiro atoms. The van der Waals surface area contributed by atoms with E-state index in [1.165, 1.54) is 0 Å². The quantitative estimate of drug-likeness (QED) is 0.0383. The highest BCUT2D eigenvalue weighted by Crippen LogP contribution is 2.73. The van der Waals surface area contributed by atoms with E-state index in [0.717, 1.165) is 93.1 Å². The maximum atomic E-state index is 13.2. The van der Waals surface area contributed by atoms with Crippen LogP contribution in [0.25, 0.3) is 5.76 Å². The van der Waals surface area contributed by atoms with Crippen molar-refractivity contribution in [3.8, 4) is 0 Å². The molecule has 7 unspecified atom stereocenters. The van der Waals surface area contributed by atoms with E-state index in [2.05, 4.69) is 45.4 Å². The van der Waals surface area contributed by atoms with Crippen LogP contribution < -0.4 is 5.32 Å². The van der Waals surface area contributed by atoms with E-state index in [1.54, 1.807) is 35.7 Å². The van der Waals surface area contributed by atoms with Crippen LogP contribution in [-0.2, 0) is 51.9 Å². The Morgan fingerprint density at radius 1 is 0.615 bits per heavy atom. The van der Waals surface area contributed by atoms with Crippen LogP contribution in [0.3, 0.4) is 0 Å². The largest absolute Gasteiger partial charge is 0.544 e. The van der Waals surface area contributed by atoms with E-state index in [9.17, 15) is 45.0 Å². The molecule has 20 nitrogen and oxygen atoms in total. The highest BCUT2D eigenvalue weighted by atomic mass is 32.2. The summed E-state index contributed by atoms with van der Waals surface area (Å²) in [5.74, 6) is -0.872. The Balaban J connectivity index is 0.000000139. The van der Waals surface area contributed by atoms with Crippen LogP contribution in [0, 0.1) is 69.0 Å². The second-order valence-electron chi connectivity index (χ2n) is 35.6. The Hall–Kier alpha value is -3.86. The summed E-state index contributed by atoms with van der Waals surface area (Å²) in [6, 6.07) is 19.2. The fourth-order valence-corrected chi connectivity index (χ4v) is 28.5. The number of aliphatic hydroxyl groups is 6. The lowest BCUT2D eigenvalue weighted by Gasteiger charge is -2.66. The fraction of sp³-hybridized carbons (Fsp3) is 0.728. The number of aliphatic hydroxyl groups excluding tert-OH is 2. The molecule has 27 atom stereocenters. The van der Waals surface area contributed by atoms with Gasteiger partial charge in [-0.25, -0.2) is 9.59 Å². The van der Waals surface area contributed by atoms with Crippen LogP contribution in [0.4, 0.5) is 0 Å². The van der Waals surface area contributed by atoms with Crippen LogP contribution in [0.2, 0.25) is 19.6 Å². The minimum Gasteiger partial charge on any atom is -0.544 e. The number of carbonyl (C=O) groups excluding carboxylic acids is 3. The van der Waals surface area contributed by atoms with Gasteiger partial charge in [-0.15, -0.1) is 23.5 Å². The van der Waals surface area contributed by atoms with Crippen molar-refractivity contribution in [3.63, 3.8) is 0 Å². The molecule has 13 fully saturated rings. The minimum atomic E-state index is -1.80. The number of thioether (sulfide) groups is 2. The molecule has 5 saturated heterocycles. The molecular weight excluding hydrogens is 1380 g/mol. The van der Waals surface area contributed by atoms with Gasteiger partial charge in [0.15, 0.2) is 10.7 Å². The smallest absolute Gasteiger partial charge is 0.331 e. The number of hydrogen-bond acceptors (Lipinski definition) is 22. The van der Waals surface area contributed by atoms with Crippen molar-refractivity contribution < 1.29 is 87.3 Å². The highest BCUT2D eigenvalue weighted by Gasteiger charge is 2.76. The van der Waals surface area contributed by atoms with Crippen molar-refractivity contribution in [2.45, 2.75) is 257 Å². The van der Waals surface area contributed by atoms with Crippen molar-refractivity contribution >= 4 is 61.5 Å². The van der Waals surface area contributed by atoms with Crippen LogP contribution >= 0.6 is 23.5 Å². The van der Waals surface area contributed by atoms with Crippen molar-refractivity contribution in [1.82, 2.24) is 5.32 Å². The zero-order chi connectivity index (χ0) is 73.0. The maximum Gasteiger partial charge on any atom is 0.331 e. The molecule has 0 aromatic heterocycles. The van der Waals surface area contributed by atoms with E-state index in [-0.39, 0.29) is 120 Å². The first kappa shape index (κ1) is 74.2. The van der Waals surface area contributed by atoms with Crippen LogP contribution in [-0.4, -0.2) is 189 Å². The molecule has 0 amide bonds. The summed E-state index contributed by atoms with van der Waals surface area (Å²) in [5.41, 5.74) is 0.425. The van der Waals surface area contributed by atoms with Crippen molar-refractivity contribution in [1.29, 1.82) is 0 Å².